The molecule has 2 aromatic rings. The van der Waals surface area contributed by atoms with Crippen LogP contribution < -0.4 is 15.4 Å². The smallest absolute Gasteiger partial charge is 0.243 e. The summed E-state index contributed by atoms with van der Waals surface area (Å²) in [6, 6.07) is 7.63. The summed E-state index contributed by atoms with van der Waals surface area (Å²) in [5.41, 5.74) is 0.921. The number of aromatic nitrogens is 2. The highest BCUT2D eigenvalue weighted by Crippen LogP contribution is 2.42. The molecule has 132 valence electrons. The van der Waals surface area contributed by atoms with E-state index in [2.05, 4.69) is 20.8 Å². The summed E-state index contributed by atoms with van der Waals surface area (Å²) in [5, 5.41) is 11.8. The molecule has 0 unspecified atom stereocenters. The zero-order chi connectivity index (χ0) is 17.7. The van der Waals surface area contributed by atoms with E-state index in [1.807, 2.05) is 24.3 Å². The van der Waals surface area contributed by atoms with Gasteiger partial charge < -0.3 is 15.4 Å². The summed E-state index contributed by atoms with van der Waals surface area (Å²) >= 11 is 0. The Morgan fingerprint density at radius 1 is 1.32 bits per heavy atom. The monoisotopic (exact) mass is 342 g/mol. The molecule has 0 atom stereocenters. The number of aromatic amines is 1. The predicted molar refractivity (Wildman–Crippen MR) is 93.4 cm³/mol. The molecule has 0 aliphatic heterocycles. The number of carbonyl (C=O) groups excluding carboxylic acids is 2. The van der Waals surface area contributed by atoms with Crippen molar-refractivity contribution in [2.24, 2.45) is 0 Å². The lowest BCUT2D eigenvalue weighted by Gasteiger charge is -2.28. The molecular formula is C18H22N4O3. The number of nitrogens with one attached hydrogen (secondary N) is 3. The number of hydrogen-bond donors (Lipinski definition) is 3. The quantitative estimate of drug-likeness (QED) is 0.748. The first-order chi connectivity index (χ1) is 12.1. The third kappa shape index (κ3) is 3.65. The van der Waals surface area contributed by atoms with Crippen LogP contribution in [0.5, 0.6) is 5.75 Å². The van der Waals surface area contributed by atoms with Gasteiger partial charge in [0.2, 0.25) is 11.8 Å². The summed E-state index contributed by atoms with van der Waals surface area (Å²) in [6.45, 7) is -0.0737. The summed E-state index contributed by atoms with van der Waals surface area (Å²) in [4.78, 5) is 24.9. The largest absolute Gasteiger partial charge is 0.497 e. The van der Waals surface area contributed by atoms with E-state index in [0.717, 1.165) is 37.0 Å². The van der Waals surface area contributed by atoms with E-state index in [-0.39, 0.29) is 18.4 Å². The van der Waals surface area contributed by atoms with Gasteiger partial charge in [0, 0.05) is 6.20 Å². The van der Waals surface area contributed by atoms with Crippen LogP contribution in [0.25, 0.3) is 0 Å². The zero-order valence-electron chi connectivity index (χ0n) is 14.2. The molecule has 25 heavy (non-hydrogen) atoms. The van der Waals surface area contributed by atoms with Crippen molar-refractivity contribution < 1.29 is 14.3 Å². The molecule has 0 radical (unpaired) electrons. The molecule has 3 N–H and O–H groups in total. The topological polar surface area (TPSA) is 96.1 Å². The maximum atomic E-state index is 12.9. The highest BCUT2D eigenvalue weighted by atomic mass is 16.5. The average molecular weight is 342 g/mol. The number of ether oxygens (including phenoxy) is 1. The van der Waals surface area contributed by atoms with Crippen LogP contribution in [0.4, 0.5) is 5.69 Å². The molecule has 1 aromatic heterocycles. The van der Waals surface area contributed by atoms with Crippen molar-refractivity contribution in [2.75, 3.05) is 19.0 Å². The average Bonchev–Trinajstić information content (AvgIpc) is 3.32. The fourth-order valence-corrected chi connectivity index (χ4v) is 3.40. The first-order valence-corrected chi connectivity index (χ1v) is 8.35. The Hall–Kier alpha value is -2.83. The van der Waals surface area contributed by atoms with E-state index in [0.29, 0.717) is 5.69 Å². The Labute approximate surface area is 146 Å². The summed E-state index contributed by atoms with van der Waals surface area (Å²) in [7, 11) is 1.61. The van der Waals surface area contributed by atoms with Crippen LogP contribution >= 0.6 is 0 Å². The minimum Gasteiger partial charge on any atom is -0.497 e. The lowest BCUT2D eigenvalue weighted by atomic mass is 9.78. The Bertz CT molecular complexity index is 737. The van der Waals surface area contributed by atoms with Crippen LogP contribution in [0.3, 0.4) is 0 Å². The third-order valence-electron chi connectivity index (χ3n) is 4.71. The molecule has 7 nitrogen and oxygen atoms in total. The molecule has 1 aliphatic carbocycles. The van der Waals surface area contributed by atoms with Crippen LogP contribution in [-0.4, -0.2) is 35.7 Å². The van der Waals surface area contributed by atoms with Crippen molar-refractivity contribution >= 4 is 17.5 Å². The highest BCUT2D eigenvalue weighted by molar-refractivity contribution is 5.96. The molecule has 0 saturated heterocycles. The maximum Gasteiger partial charge on any atom is 0.243 e. The number of H-pyrrole nitrogens is 1. The Balaban J connectivity index is 1.69. The minimum absolute atomic E-state index is 0.0737. The number of benzene rings is 1. The van der Waals surface area contributed by atoms with Crippen LogP contribution in [0, 0.1) is 0 Å². The Morgan fingerprint density at radius 2 is 2.12 bits per heavy atom. The molecule has 1 aliphatic rings. The maximum absolute atomic E-state index is 12.9. The molecule has 7 heteroatoms. The van der Waals surface area contributed by atoms with Crippen molar-refractivity contribution in [3.05, 3.63) is 42.2 Å². The second-order valence-electron chi connectivity index (χ2n) is 6.24. The highest BCUT2D eigenvalue weighted by Gasteiger charge is 2.42. The van der Waals surface area contributed by atoms with Gasteiger partial charge in [-0.05, 0) is 30.5 Å². The molecule has 1 saturated carbocycles. The van der Waals surface area contributed by atoms with Gasteiger partial charge >= 0.3 is 0 Å². The number of methoxy groups -OCH3 is 1. The predicted octanol–water partition coefficient (Wildman–Crippen LogP) is 1.98. The molecule has 0 bridgehead atoms. The zero-order valence-corrected chi connectivity index (χ0v) is 14.2. The molecule has 2 amide bonds. The number of anilines is 1. The Kier molecular flexibility index (Phi) is 5.02. The van der Waals surface area contributed by atoms with Crippen molar-refractivity contribution in [1.82, 2.24) is 15.5 Å². The minimum atomic E-state index is -0.593. The second kappa shape index (κ2) is 7.38. The van der Waals surface area contributed by atoms with Gasteiger partial charge in [0.25, 0.3) is 0 Å². The van der Waals surface area contributed by atoms with Crippen molar-refractivity contribution in [1.29, 1.82) is 0 Å². The molecule has 0 spiro atoms. The van der Waals surface area contributed by atoms with Gasteiger partial charge in [-0.1, -0.05) is 25.0 Å². The summed E-state index contributed by atoms with van der Waals surface area (Å²) < 4.78 is 5.29. The number of amides is 2. The number of nitrogens with zero attached hydrogens (tertiary/aromatic N) is 1. The van der Waals surface area contributed by atoms with Crippen LogP contribution in [0.15, 0.2) is 36.7 Å². The fraction of sp³-hybridized carbons (Fsp3) is 0.389. The van der Waals surface area contributed by atoms with Crippen LogP contribution in [-0.2, 0) is 15.0 Å². The lowest BCUT2D eigenvalue weighted by molar-refractivity contribution is -0.128. The van der Waals surface area contributed by atoms with Gasteiger partial charge in [-0.15, -0.1) is 0 Å². The molecule has 1 fully saturated rings. The van der Waals surface area contributed by atoms with Crippen molar-refractivity contribution in [2.45, 2.75) is 31.1 Å². The van der Waals surface area contributed by atoms with Gasteiger partial charge in [0.15, 0.2) is 0 Å². The van der Waals surface area contributed by atoms with E-state index < -0.39 is 5.41 Å². The Morgan fingerprint density at radius 3 is 2.80 bits per heavy atom. The molecule has 1 heterocycles. The van der Waals surface area contributed by atoms with Gasteiger partial charge in [0.1, 0.15) is 5.75 Å². The summed E-state index contributed by atoms with van der Waals surface area (Å²) in [6.07, 6.45) is 6.62. The van der Waals surface area contributed by atoms with Gasteiger partial charge in [-0.2, -0.15) is 5.10 Å². The van der Waals surface area contributed by atoms with Crippen molar-refractivity contribution in [3.8, 4) is 5.75 Å². The molecular weight excluding hydrogens is 320 g/mol. The first-order valence-electron chi connectivity index (χ1n) is 8.35. The fourth-order valence-electron chi connectivity index (χ4n) is 3.40. The van der Waals surface area contributed by atoms with Crippen molar-refractivity contribution in [3.63, 3.8) is 0 Å². The first kappa shape index (κ1) is 17.0. The van der Waals surface area contributed by atoms with E-state index in [4.69, 9.17) is 4.74 Å². The van der Waals surface area contributed by atoms with Gasteiger partial charge in [0.05, 0.1) is 31.0 Å². The van der Waals surface area contributed by atoms with E-state index in [9.17, 15) is 9.59 Å². The third-order valence-corrected chi connectivity index (χ3v) is 4.71. The van der Waals surface area contributed by atoms with E-state index >= 15 is 0 Å². The van der Waals surface area contributed by atoms with Gasteiger partial charge in [-0.3, -0.25) is 14.7 Å². The second-order valence-corrected chi connectivity index (χ2v) is 6.24. The number of rotatable bonds is 6. The lowest BCUT2D eigenvalue weighted by Crippen LogP contribution is -2.45. The molecule has 3 rings (SSSR count). The van der Waals surface area contributed by atoms with E-state index in [1.165, 1.54) is 6.20 Å². The number of hydrogen-bond acceptors (Lipinski definition) is 4. The van der Waals surface area contributed by atoms with Crippen LogP contribution in [0.2, 0.25) is 0 Å². The van der Waals surface area contributed by atoms with E-state index in [1.54, 1.807) is 13.3 Å². The standard InChI is InChI=1S/C18H22N4O3/c1-25-15-6-4-5-13(9-15)18(7-2-3-8-18)17(24)19-12-16(23)22-14-10-20-21-11-14/h4-6,9-11H,2-3,7-8,12H2,1H3,(H,19,24)(H,20,21)(H,22,23). The number of carbonyl (C=O) groups is 2. The van der Waals surface area contributed by atoms with Crippen LogP contribution in [0.1, 0.15) is 31.2 Å². The SMILES string of the molecule is COc1cccc(C2(C(=O)NCC(=O)Nc3cn[nH]c3)CCCC2)c1. The molecule has 1 aromatic carbocycles. The van der Waals surface area contributed by atoms with Gasteiger partial charge in [-0.25, -0.2) is 0 Å². The summed E-state index contributed by atoms with van der Waals surface area (Å²) in [5.74, 6) is 0.336. The normalized spacial score (nSPS) is 15.6.